The van der Waals surface area contributed by atoms with Crippen molar-refractivity contribution in [3.63, 3.8) is 0 Å². The lowest BCUT2D eigenvalue weighted by Gasteiger charge is -2.27. The van der Waals surface area contributed by atoms with Crippen molar-refractivity contribution >= 4 is 32.7 Å². The molecule has 1 atom stereocenters. The molecule has 4 aromatic rings. The Labute approximate surface area is 239 Å². The third kappa shape index (κ3) is 5.57. The maximum Gasteiger partial charge on any atom is 0.573 e. The number of fused-ring (bicyclic) bond motifs is 1. The number of carbonyl (C=O) groups is 1. The maximum absolute atomic E-state index is 14.3. The quantitative estimate of drug-likeness (QED) is 0.258. The van der Waals surface area contributed by atoms with Gasteiger partial charge in [-0.25, -0.2) is 22.5 Å². The van der Waals surface area contributed by atoms with Gasteiger partial charge in [0.15, 0.2) is 0 Å². The Hall–Kier alpha value is -4.36. The van der Waals surface area contributed by atoms with Crippen LogP contribution in [-0.2, 0) is 21.4 Å². The lowest BCUT2D eigenvalue weighted by atomic mass is 10.0. The number of alkyl halides is 3. The van der Waals surface area contributed by atoms with Crippen LogP contribution in [0.25, 0.3) is 10.8 Å². The molecule has 1 amide bonds. The van der Waals surface area contributed by atoms with Crippen LogP contribution in [0.1, 0.15) is 47.3 Å². The van der Waals surface area contributed by atoms with Crippen molar-refractivity contribution in [1.82, 2.24) is 15.8 Å². The van der Waals surface area contributed by atoms with Crippen LogP contribution in [-0.4, -0.2) is 25.9 Å². The highest BCUT2D eigenvalue weighted by molar-refractivity contribution is 7.92. The highest BCUT2D eigenvalue weighted by Gasteiger charge is 2.34. The first kappa shape index (κ1) is 27.8. The fourth-order valence-electron chi connectivity index (χ4n) is 4.96. The van der Waals surface area contributed by atoms with Gasteiger partial charge in [0.2, 0.25) is 0 Å². The minimum Gasteiger partial charge on any atom is -0.406 e. The van der Waals surface area contributed by atoms with Crippen LogP contribution < -0.4 is 19.8 Å². The Morgan fingerprint density at radius 2 is 1.67 bits per heavy atom. The summed E-state index contributed by atoms with van der Waals surface area (Å²) in [6, 6.07) is 18.7. The van der Waals surface area contributed by atoms with E-state index in [1.54, 1.807) is 12.1 Å². The van der Waals surface area contributed by atoms with Crippen LogP contribution in [0.5, 0.6) is 5.75 Å². The largest absolute Gasteiger partial charge is 0.573 e. The number of sulfonamides is 1. The molecule has 9 nitrogen and oxygen atoms in total. The number of pyridine rings is 1. The van der Waals surface area contributed by atoms with Crippen LogP contribution in [0.2, 0.25) is 0 Å². The molecule has 6 rings (SSSR count). The minimum absolute atomic E-state index is 0.0316. The van der Waals surface area contributed by atoms with E-state index in [2.05, 4.69) is 15.5 Å². The second-order valence-electron chi connectivity index (χ2n) is 10.1. The van der Waals surface area contributed by atoms with Gasteiger partial charge < -0.3 is 9.57 Å². The molecule has 13 heteroatoms. The van der Waals surface area contributed by atoms with Gasteiger partial charge in [0, 0.05) is 16.9 Å². The normalized spacial score (nSPS) is 17.1. The van der Waals surface area contributed by atoms with Gasteiger partial charge in [-0.3, -0.25) is 5.32 Å². The molecule has 2 aliphatic rings. The molecule has 1 aliphatic carbocycles. The number of amides is 1. The number of nitrogens with zero attached hydrogens (tertiary/aromatic N) is 2. The van der Waals surface area contributed by atoms with E-state index in [0.29, 0.717) is 16.7 Å². The lowest BCUT2D eigenvalue weighted by Crippen LogP contribution is -2.32. The van der Waals surface area contributed by atoms with Crippen LogP contribution in [0.15, 0.2) is 77.7 Å². The number of hydroxylamine groups is 1. The summed E-state index contributed by atoms with van der Waals surface area (Å²) in [6.07, 6.45) is -4.25. The summed E-state index contributed by atoms with van der Waals surface area (Å²) in [6.45, 7) is 1.61. The SMILES string of the molecule is Cc1c(N(Cc2ccc(OC(F)(F)F)cc2)S(=O)(=O)c2ccc(C3NOC(=O)N3)cc2)nc(C2CC2)c2ccccc12. The number of carbonyl (C=O) groups excluding carboxylic acids is 1. The van der Waals surface area contributed by atoms with Crippen molar-refractivity contribution in [1.29, 1.82) is 0 Å². The van der Waals surface area contributed by atoms with E-state index in [-0.39, 0.29) is 23.2 Å². The first-order chi connectivity index (χ1) is 20.0. The van der Waals surface area contributed by atoms with Gasteiger partial charge in [0.05, 0.1) is 17.1 Å². The molecular weight excluding hydrogens is 573 g/mol. The maximum atomic E-state index is 14.3. The van der Waals surface area contributed by atoms with Gasteiger partial charge in [-0.2, -0.15) is 0 Å². The third-order valence-corrected chi connectivity index (χ3v) is 8.94. The monoisotopic (exact) mass is 598 g/mol. The first-order valence-electron chi connectivity index (χ1n) is 13.1. The van der Waals surface area contributed by atoms with Gasteiger partial charge >= 0.3 is 12.5 Å². The topological polar surface area (TPSA) is 110 Å². The number of anilines is 1. The molecule has 2 fully saturated rings. The lowest BCUT2D eigenvalue weighted by molar-refractivity contribution is -0.274. The Bertz CT molecular complexity index is 1760. The molecule has 1 unspecified atom stereocenters. The van der Waals surface area contributed by atoms with E-state index < -0.39 is 34.4 Å². The van der Waals surface area contributed by atoms with Gasteiger partial charge in [0.1, 0.15) is 17.7 Å². The Kier molecular flexibility index (Phi) is 6.93. The second-order valence-corrected chi connectivity index (χ2v) is 12.0. The zero-order chi connectivity index (χ0) is 29.6. The number of aryl methyl sites for hydroxylation is 1. The number of halogens is 3. The summed E-state index contributed by atoms with van der Waals surface area (Å²) >= 11 is 0. The number of benzene rings is 3. The molecule has 3 aromatic carbocycles. The average molecular weight is 599 g/mol. The Balaban J connectivity index is 1.43. The van der Waals surface area contributed by atoms with Crippen LogP contribution in [0.4, 0.5) is 23.8 Å². The van der Waals surface area contributed by atoms with E-state index in [9.17, 15) is 26.4 Å². The van der Waals surface area contributed by atoms with Gasteiger partial charge in [-0.1, -0.05) is 48.5 Å². The Morgan fingerprint density at radius 1 is 1.00 bits per heavy atom. The van der Waals surface area contributed by atoms with Crippen molar-refractivity contribution in [2.24, 2.45) is 0 Å². The highest BCUT2D eigenvalue weighted by Crippen LogP contribution is 2.44. The minimum atomic E-state index is -4.85. The van der Waals surface area contributed by atoms with Crippen LogP contribution in [0.3, 0.4) is 0 Å². The van der Waals surface area contributed by atoms with E-state index in [0.717, 1.165) is 41.4 Å². The highest BCUT2D eigenvalue weighted by atomic mass is 32.2. The third-order valence-electron chi connectivity index (χ3n) is 7.19. The van der Waals surface area contributed by atoms with E-state index in [1.165, 1.54) is 28.6 Å². The van der Waals surface area contributed by atoms with E-state index in [1.807, 2.05) is 31.2 Å². The number of hydrogen-bond donors (Lipinski definition) is 2. The van der Waals surface area contributed by atoms with Gasteiger partial charge in [0.25, 0.3) is 10.0 Å². The molecule has 1 saturated heterocycles. The number of rotatable bonds is 8. The molecule has 42 heavy (non-hydrogen) atoms. The first-order valence-corrected chi connectivity index (χ1v) is 14.5. The van der Waals surface area contributed by atoms with Crippen LogP contribution in [0, 0.1) is 6.92 Å². The molecule has 2 heterocycles. The predicted molar refractivity (Wildman–Crippen MR) is 147 cm³/mol. The van der Waals surface area contributed by atoms with Crippen LogP contribution >= 0.6 is 0 Å². The molecule has 0 radical (unpaired) electrons. The zero-order valence-corrected chi connectivity index (χ0v) is 23.0. The summed E-state index contributed by atoms with van der Waals surface area (Å²) in [5.41, 5.74) is 4.99. The molecular formula is C29H25F3N4O5S. The molecule has 1 aliphatic heterocycles. The molecule has 2 N–H and O–H groups in total. The van der Waals surface area contributed by atoms with E-state index in [4.69, 9.17) is 9.82 Å². The molecule has 218 valence electrons. The van der Waals surface area contributed by atoms with Crippen molar-refractivity contribution in [2.75, 3.05) is 4.31 Å². The fourth-order valence-corrected chi connectivity index (χ4v) is 6.42. The van der Waals surface area contributed by atoms with Crippen molar-refractivity contribution in [3.8, 4) is 5.75 Å². The van der Waals surface area contributed by atoms with Gasteiger partial charge in [-0.15, -0.1) is 18.7 Å². The second kappa shape index (κ2) is 10.5. The number of aromatic nitrogens is 1. The predicted octanol–water partition coefficient (Wildman–Crippen LogP) is 5.96. The standard InChI is InChI=1S/C29H25F3N4O5S/c1-17-23-4-2-3-5-24(23)25(19-8-9-19)33-27(17)36(16-18-6-12-21(13-7-18)40-29(30,31)32)42(38,39)22-14-10-20(11-15-22)26-34-28(37)41-35-26/h2-7,10-15,19,26,35H,8-9,16H2,1H3,(H,34,37). The number of hydrogen-bond acceptors (Lipinski definition) is 7. The van der Waals surface area contributed by atoms with Gasteiger partial charge in [-0.05, 0) is 60.5 Å². The summed E-state index contributed by atoms with van der Waals surface area (Å²) in [5, 5.41) is 4.39. The summed E-state index contributed by atoms with van der Waals surface area (Å²) in [4.78, 5) is 21.0. The van der Waals surface area contributed by atoms with Crippen molar-refractivity contribution in [2.45, 2.75) is 49.7 Å². The smallest absolute Gasteiger partial charge is 0.406 e. The molecule has 0 spiro atoms. The molecule has 1 saturated carbocycles. The molecule has 0 bridgehead atoms. The summed E-state index contributed by atoms with van der Waals surface area (Å²) in [7, 11) is -4.23. The summed E-state index contributed by atoms with van der Waals surface area (Å²) in [5.74, 6) is 0.0468. The zero-order valence-electron chi connectivity index (χ0n) is 22.2. The average Bonchev–Trinajstić information content (AvgIpc) is 3.71. The molecule has 1 aromatic heterocycles. The number of nitrogens with one attached hydrogen (secondary N) is 2. The summed E-state index contributed by atoms with van der Waals surface area (Å²) < 4.78 is 71.8. The van der Waals surface area contributed by atoms with E-state index >= 15 is 0 Å². The number of ether oxygens (including phenoxy) is 1. The van der Waals surface area contributed by atoms with Crippen molar-refractivity contribution in [3.05, 3.63) is 95.2 Å². The Morgan fingerprint density at radius 3 is 2.26 bits per heavy atom. The van der Waals surface area contributed by atoms with Crippen molar-refractivity contribution < 1.29 is 36.0 Å². The fraction of sp³-hybridized carbons (Fsp3) is 0.241.